The molecule has 174 valence electrons. The molecule has 3 aromatic rings. The number of benzene rings is 2. The van der Waals surface area contributed by atoms with E-state index in [0.29, 0.717) is 41.9 Å². The number of non-ortho nitro benzene ring substituents is 1. The number of alkyl halides is 3. The molecule has 1 saturated heterocycles. The van der Waals surface area contributed by atoms with Crippen LogP contribution in [0.1, 0.15) is 36.2 Å². The number of hydrogen-bond acceptors (Lipinski definition) is 7. The van der Waals surface area contributed by atoms with Crippen molar-refractivity contribution in [2.45, 2.75) is 38.6 Å². The van der Waals surface area contributed by atoms with E-state index in [2.05, 4.69) is 15.5 Å². The zero-order valence-electron chi connectivity index (χ0n) is 17.8. The van der Waals surface area contributed by atoms with E-state index in [9.17, 15) is 23.3 Å². The molecule has 0 saturated carbocycles. The monoisotopic (exact) mass is 462 g/mol. The van der Waals surface area contributed by atoms with Crippen LogP contribution in [0.15, 0.2) is 36.4 Å². The third-order valence-corrected chi connectivity index (χ3v) is 5.46. The Morgan fingerprint density at radius 3 is 2.67 bits per heavy atom. The summed E-state index contributed by atoms with van der Waals surface area (Å²) in [5, 5.41) is 24.0. The van der Waals surface area contributed by atoms with Crippen LogP contribution >= 0.6 is 0 Å². The van der Waals surface area contributed by atoms with Gasteiger partial charge < -0.3 is 14.8 Å². The van der Waals surface area contributed by atoms with E-state index in [0.717, 1.165) is 23.9 Å². The largest absolute Gasteiger partial charge is 0.488 e. The maximum absolute atomic E-state index is 13.3. The van der Waals surface area contributed by atoms with Crippen LogP contribution in [0.2, 0.25) is 0 Å². The standard InChI is InChI=1S/C22H21F3N4O4/c1-12(14-7-15(22(23,24)25)9-16(8-14)29(30)31)26-21-20-10-17(33-18-5-6-32-11-18)3-4-19(20)13(2)27-28-21/h3-4,7-10,12,18H,5-6,11H2,1-2H3,(H,26,28)/t12-,18+/m1/s1. The molecule has 0 unspecified atom stereocenters. The number of aryl methyl sites for hydroxylation is 1. The van der Waals surface area contributed by atoms with Crippen molar-refractivity contribution in [2.24, 2.45) is 0 Å². The number of hydrogen-bond donors (Lipinski definition) is 1. The number of nitro benzene ring substituents is 1. The Labute approximate surface area is 186 Å². The first-order valence-electron chi connectivity index (χ1n) is 10.3. The van der Waals surface area contributed by atoms with Crippen LogP contribution in [0.3, 0.4) is 0 Å². The van der Waals surface area contributed by atoms with Crippen LogP contribution in [0.4, 0.5) is 24.7 Å². The Morgan fingerprint density at radius 2 is 2.00 bits per heavy atom. The molecule has 0 amide bonds. The number of aromatic nitrogens is 2. The number of nitrogens with zero attached hydrogens (tertiary/aromatic N) is 3. The van der Waals surface area contributed by atoms with E-state index < -0.39 is 28.4 Å². The Hall–Kier alpha value is -3.47. The van der Waals surface area contributed by atoms with Gasteiger partial charge in [-0.05, 0) is 43.7 Å². The number of nitro groups is 1. The maximum atomic E-state index is 13.3. The molecule has 2 aromatic carbocycles. The smallest absolute Gasteiger partial charge is 0.416 e. The summed E-state index contributed by atoms with van der Waals surface area (Å²) in [5.41, 5.74) is -0.950. The maximum Gasteiger partial charge on any atom is 0.416 e. The van der Waals surface area contributed by atoms with Gasteiger partial charge in [-0.2, -0.15) is 18.3 Å². The van der Waals surface area contributed by atoms with Crippen LogP contribution in [0.5, 0.6) is 5.75 Å². The molecule has 1 aromatic heterocycles. The predicted molar refractivity (Wildman–Crippen MR) is 114 cm³/mol. The fourth-order valence-electron chi connectivity index (χ4n) is 3.69. The Morgan fingerprint density at radius 1 is 1.21 bits per heavy atom. The van der Waals surface area contributed by atoms with Crippen LogP contribution in [-0.2, 0) is 10.9 Å². The number of rotatable bonds is 6. The minimum absolute atomic E-state index is 0.0562. The van der Waals surface area contributed by atoms with E-state index >= 15 is 0 Å². The number of anilines is 1. The minimum atomic E-state index is -4.72. The summed E-state index contributed by atoms with van der Waals surface area (Å²) in [6, 6.07) is 7.26. The van der Waals surface area contributed by atoms with Gasteiger partial charge in [-0.1, -0.05) is 0 Å². The van der Waals surface area contributed by atoms with Crippen LogP contribution in [-0.4, -0.2) is 34.4 Å². The summed E-state index contributed by atoms with van der Waals surface area (Å²) in [6.45, 7) is 4.53. The van der Waals surface area contributed by atoms with E-state index in [4.69, 9.17) is 9.47 Å². The fourth-order valence-corrected chi connectivity index (χ4v) is 3.69. The van der Waals surface area contributed by atoms with Crippen molar-refractivity contribution in [3.8, 4) is 5.75 Å². The normalized spacial score (nSPS) is 17.2. The molecule has 2 heterocycles. The quantitative estimate of drug-likeness (QED) is 0.397. The first-order valence-corrected chi connectivity index (χ1v) is 10.3. The lowest BCUT2D eigenvalue weighted by molar-refractivity contribution is -0.385. The Bertz CT molecular complexity index is 1200. The second kappa shape index (κ2) is 8.81. The van der Waals surface area contributed by atoms with E-state index in [1.165, 1.54) is 0 Å². The zero-order valence-corrected chi connectivity index (χ0v) is 17.8. The molecule has 33 heavy (non-hydrogen) atoms. The summed E-state index contributed by atoms with van der Waals surface area (Å²) in [7, 11) is 0. The Kier molecular flexibility index (Phi) is 6.07. The third kappa shape index (κ3) is 4.98. The molecular formula is C22H21F3N4O4. The molecule has 4 rings (SSSR count). The highest BCUT2D eigenvalue weighted by Gasteiger charge is 2.33. The number of halogens is 3. The molecule has 1 aliphatic heterocycles. The summed E-state index contributed by atoms with van der Waals surface area (Å²) in [5.74, 6) is 0.937. The Balaban J connectivity index is 1.68. The van der Waals surface area contributed by atoms with Crippen molar-refractivity contribution < 1.29 is 27.6 Å². The van der Waals surface area contributed by atoms with Crippen molar-refractivity contribution in [1.29, 1.82) is 0 Å². The number of ether oxygens (including phenoxy) is 2. The summed E-state index contributed by atoms with van der Waals surface area (Å²) in [6.07, 6.45) is -3.99. The molecule has 1 aliphatic rings. The molecule has 1 fully saturated rings. The van der Waals surface area contributed by atoms with Crippen molar-refractivity contribution >= 4 is 22.3 Å². The van der Waals surface area contributed by atoms with Gasteiger partial charge in [-0.3, -0.25) is 10.1 Å². The van der Waals surface area contributed by atoms with Gasteiger partial charge in [0.2, 0.25) is 0 Å². The summed E-state index contributed by atoms with van der Waals surface area (Å²) in [4.78, 5) is 10.3. The topological polar surface area (TPSA) is 99.4 Å². The highest BCUT2D eigenvalue weighted by molar-refractivity contribution is 5.94. The third-order valence-electron chi connectivity index (χ3n) is 5.46. The second-order valence-electron chi connectivity index (χ2n) is 7.88. The molecule has 0 aliphatic carbocycles. The summed E-state index contributed by atoms with van der Waals surface area (Å²) < 4.78 is 51.1. The molecule has 2 atom stereocenters. The number of fused-ring (bicyclic) bond motifs is 1. The lowest BCUT2D eigenvalue weighted by atomic mass is 10.0. The van der Waals surface area contributed by atoms with Gasteiger partial charge in [-0.25, -0.2) is 0 Å². The number of nitrogens with one attached hydrogen (secondary N) is 1. The lowest BCUT2D eigenvalue weighted by Crippen LogP contribution is -2.15. The van der Waals surface area contributed by atoms with Gasteiger partial charge in [0, 0.05) is 29.3 Å². The predicted octanol–water partition coefficient (Wildman–Crippen LogP) is 5.21. The van der Waals surface area contributed by atoms with E-state index in [-0.39, 0.29) is 11.7 Å². The molecule has 8 nitrogen and oxygen atoms in total. The van der Waals surface area contributed by atoms with Gasteiger partial charge in [0.25, 0.3) is 5.69 Å². The fraction of sp³-hybridized carbons (Fsp3) is 0.364. The first kappa shape index (κ1) is 22.7. The molecule has 0 bridgehead atoms. The minimum Gasteiger partial charge on any atom is -0.488 e. The van der Waals surface area contributed by atoms with E-state index in [1.807, 2.05) is 12.1 Å². The van der Waals surface area contributed by atoms with Crippen LogP contribution in [0.25, 0.3) is 10.8 Å². The highest BCUT2D eigenvalue weighted by atomic mass is 19.4. The molecule has 0 spiro atoms. The van der Waals surface area contributed by atoms with Gasteiger partial charge in [0.05, 0.1) is 35.4 Å². The van der Waals surface area contributed by atoms with Crippen molar-refractivity contribution in [2.75, 3.05) is 18.5 Å². The van der Waals surface area contributed by atoms with Gasteiger partial charge in [0.15, 0.2) is 5.82 Å². The van der Waals surface area contributed by atoms with Crippen LogP contribution < -0.4 is 10.1 Å². The molecule has 0 radical (unpaired) electrons. The highest BCUT2D eigenvalue weighted by Crippen LogP contribution is 2.35. The van der Waals surface area contributed by atoms with Crippen molar-refractivity contribution in [1.82, 2.24) is 10.2 Å². The zero-order chi connectivity index (χ0) is 23.8. The SMILES string of the molecule is Cc1nnc(N[C@H](C)c2cc([N+](=O)[O-])cc(C(F)(F)F)c2)c2cc(O[C@H]3CCOC3)ccc12. The van der Waals surface area contributed by atoms with Gasteiger partial charge in [-0.15, -0.1) is 5.10 Å². The first-order chi connectivity index (χ1) is 15.6. The van der Waals surface area contributed by atoms with Gasteiger partial charge >= 0.3 is 6.18 Å². The van der Waals surface area contributed by atoms with E-state index in [1.54, 1.807) is 19.9 Å². The molecule has 11 heteroatoms. The summed E-state index contributed by atoms with van der Waals surface area (Å²) >= 11 is 0. The molecule has 1 N–H and O–H groups in total. The molecular weight excluding hydrogens is 441 g/mol. The van der Waals surface area contributed by atoms with Crippen molar-refractivity contribution in [3.05, 3.63) is 63.3 Å². The second-order valence-corrected chi connectivity index (χ2v) is 7.88. The lowest BCUT2D eigenvalue weighted by Gasteiger charge is -2.19. The van der Waals surface area contributed by atoms with Gasteiger partial charge in [0.1, 0.15) is 11.9 Å². The van der Waals surface area contributed by atoms with Crippen molar-refractivity contribution in [3.63, 3.8) is 0 Å². The average molecular weight is 462 g/mol. The average Bonchev–Trinajstić information content (AvgIpc) is 3.27. The van der Waals surface area contributed by atoms with Crippen LogP contribution in [0, 0.1) is 17.0 Å².